The number of hydrogen-bond donors (Lipinski definition) is 1. The topological polar surface area (TPSA) is 60.9 Å². The van der Waals surface area contributed by atoms with Gasteiger partial charge in [-0.25, -0.2) is 8.42 Å². The molecule has 2 aromatic rings. The molecule has 1 unspecified atom stereocenters. The normalized spacial score (nSPS) is 21.4. The van der Waals surface area contributed by atoms with Crippen molar-refractivity contribution in [3.63, 3.8) is 0 Å². The molecule has 0 amide bonds. The molecule has 28 heavy (non-hydrogen) atoms. The van der Waals surface area contributed by atoms with Crippen LogP contribution in [0.1, 0.15) is 18.4 Å². The van der Waals surface area contributed by atoms with Crippen LogP contribution in [0.15, 0.2) is 59.5 Å². The van der Waals surface area contributed by atoms with Gasteiger partial charge in [0.25, 0.3) is 0 Å². The number of piperazine rings is 1. The van der Waals surface area contributed by atoms with Crippen molar-refractivity contribution in [3.05, 3.63) is 60.2 Å². The zero-order chi connectivity index (χ0) is 19.6. The van der Waals surface area contributed by atoms with E-state index in [1.807, 2.05) is 36.4 Å². The molecule has 0 saturated carbocycles. The number of phenols is 1. The minimum atomic E-state index is -3.27. The van der Waals surface area contributed by atoms with Crippen LogP contribution in [-0.4, -0.2) is 56.4 Å². The van der Waals surface area contributed by atoms with Crippen LogP contribution < -0.4 is 4.90 Å². The van der Waals surface area contributed by atoms with E-state index in [4.69, 9.17) is 0 Å². The summed E-state index contributed by atoms with van der Waals surface area (Å²) in [4.78, 5) is 5.19. The molecular weight excluding hydrogens is 372 g/mol. The maximum atomic E-state index is 12.8. The van der Waals surface area contributed by atoms with Crippen LogP contribution in [-0.2, 0) is 9.84 Å². The van der Waals surface area contributed by atoms with Crippen molar-refractivity contribution in [3.8, 4) is 5.75 Å². The molecule has 4 rings (SSSR count). The molecule has 0 aliphatic carbocycles. The molecule has 1 N–H and O–H groups in total. The minimum Gasteiger partial charge on any atom is -0.508 e. The Morgan fingerprint density at radius 1 is 0.964 bits per heavy atom. The minimum absolute atomic E-state index is 0.289. The Balaban J connectivity index is 1.27. The summed E-state index contributed by atoms with van der Waals surface area (Å²) in [5, 5.41) is 9.00. The summed E-state index contributed by atoms with van der Waals surface area (Å²) in [6.07, 6.45) is 5.32. The fourth-order valence-corrected chi connectivity index (χ4v) is 5.84. The molecule has 0 spiro atoms. The van der Waals surface area contributed by atoms with E-state index in [0.29, 0.717) is 11.3 Å². The number of phenolic OH excluding ortho intramolecular Hbond substituents is 1. The Morgan fingerprint density at radius 3 is 2.43 bits per heavy atom. The van der Waals surface area contributed by atoms with Crippen LogP contribution in [0.5, 0.6) is 5.75 Å². The molecule has 2 aliphatic rings. The molecule has 148 valence electrons. The number of rotatable bonds is 5. The number of fused-ring (bicyclic) bond motifs is 1. The van der Waals surface area contributed by atoms with Gasteiger partial charge in [0, 0.05) is 31.9 Å². The fraction of sp³-hybridized carbons (Fsp3) is 0.364. The van der Waals surface area contributed by atoms with Crippen molar-refractivity contribution in [2.24, 2.45) is 0 Å². The second-order valence-electron chi connectivity index (χ2n) is 7.47. The lowest BCUT2D eigenvalue weighted by Crippen LogP contribution is -2.46. The lowest BCUT2D eigenvalue weighted by molar-refractivity contribution is 0.253. The Hall–Kier alpha value is -2.31. The lowest BCUT2D eigenvalue weighted by atomic mass is 10.1. The lowest BCUT2D eigenvalue weighted by Gasteiger charge is -2.36. The molecule has 0 aromatic heterocycles. The van der Waals surface area contributed by atoms with E-state index in [1.54, 1.807) is 24.3 Å². The number of nitrogens with zero attached hydrogens (tertiary/aromatic N) is 2. The van der Waals surface area contributed by atoms with E-state index in [0.717, 1.165) is 50.4 Å². The number of sulfone groups is 1. The van der Waals surface area contributed by atoms with Gasteiger partial charge in [-0.05, 0) is 55.3 Å². The van der Waals surface area contributed by atoms with Gasteiger partial charge in [-0.2, -0.15) is 0 Å². The van der Waals surface area contributed by atoms with Crippen LogP contribution in [0.4, 0.5) is 5.69 Å². The van der Waals surface area contributed by atoms with Crippen LogP contribution in [0, 0.1) is 0 Å². The molecule has 0 radical (unpaired) electrons. The van der Waals surface area contributed by atoms with Crippen LogP contribution in [0.25, 0.3) is 6.08 Å². The zero-order valence-corrected chi connectivity index (χ0v) is 16.7. The molecule has 6 heteroatoms. The van der Waals surface area contributed by atoms with Crippen LogP contribution in [0.2, 0.25) is 0 Å². The first-order valence-electron chi connectivity index (χ1n) is 9.81. The van der Waals surface area contributed by atoms with Crippen LogP contribution >= 0.6 is 0 Å². The van der Waals surface area contributed by atoms with Crippen molar-refractivity contribution >= 4 is 21.6 Å². The first kappa shape index (κ1) is 19.0. The van der Waals surface area contributed by atoms with Crippen molar-refractivity contribution in [2.45, 2.75) is 23.0 Å². The van der Waals surface area contributed by atoms with Gasteiger partial charge in [0.1, 0.15) is 5.75 Å². The third-order valence-corrected chi connectivity index (χ3v) is 7.84. The smallest absolute Gasteiger partial charge is 0.185 e. The molecule has 1 fully saturated rings. The van der Waals surface area contributed by atoms with Crippen molar-refractivity contribution < 1.29 is 13.5 Å². The summed E-state index contributed by atoms with van der Waals surface area (Å²) >= 11 is 0. The molecule has 1 saturated heterocycles. The SMILES string of the molecule is O=S1(=O)c2ccccc2C=CC1CCCN1CCN(c2ccc(O)cc2)CC1. The van der Waals surface area contributed by atoms with E-state index in [1.165, 1.54) is 0 Å². The maximum Gasteiger partial charge on any atom is 0.185 e. The van der Waals surface area contributed by atoms with Crippen molar-refractivity contribution in [1.82, 2.24) is 4.90 Å². The van der Waals surface area contributed by atoms with Gasteiger partial charge in [-0.1, -0.05) is 30.4 Å². The van der Waals surface area contributed by atoms with Crippen LogP contribution in [0.3, 0.4) is 0 Å². The monoisotopic (exact) mass is 398 g/mol. The Bertz CT molecular complexity index is 946. The van der Waals surface area contributed by atoms with E-state index in [9.17, 15) is 13.5 Å². The van der Waals surface area contributed by atoms with E-state index >= 15 is 0 Å². The highest BCUT2D eigenvalue weighted by Crippen LogP contribution is 2.29. The second kappa shape index (κ2) is 7.97. The van der Waals surface area contributed by atoms with Crippen molar-refractivity contribution in [2.75, 3.05) is 37.6 Å². The summed E-state index contributed by atoms with van der Waals surface area (Å²) in [6, 6.07) is 14.6. The van der Waals surface area contributed by atoms with Gasteiger partial charge < -0.3 is 10.0 Å². The maximum absolute atomic E-state index is 12.8. The molecule has 1 atom stereocenters. The van der Waals surface area contributed by atoms with E-state index in [2.05, 4.69) is 9.80 Å². The fourth-order valence-electron chi connectivity index (χ4n) is 4.02. The molecule has 2 aliphatic heterocycles. The predicted molar refractivity (Wildman–Crippen MR) is 112 cm³/mol. The number of anilines is 1. The zero-order valence-electron chi connectivity index (χ0n) is 15.9. The van der Waals surface area contributed by atoms with Crippen molar-refractivity contribution in [1.29, 1.82) is 0 Å². The van der Waals surface area contributed by atoms with Gasteiger partial charge in [-0.15, -0.1) is 0 Å². The molecule has 2 heterocycles. The second-order valence-corrected chi connectivity index (χ2v) is 9.60. The Labute approximate surface area is 166 Å². The summed E-state index contributed by atoms with van der Waals surface area (Å²) < 4.78 is 25.6. The number of aromatic hydroxyl groups is 1. The van der Waals surface area contributed by atoms with Gasteiger partial charge >= 0.3 is 0 Å². The highest BCUT2D eigenvalue weighted by molar-refractivity contribution is 7.92. The Kier molecular flexibility index (Phi) is 5.42. The quantitative estimate of drug-likeness (QED) is 0.838. The summed E-state index contributed by atoms with van der Waals surface area (Å²) in [7, 11) is -3.27. The third-order valence-electron chi connectivity index (χ3n) is 5.66. The van der Waals surface area contributed by atoms with E-state index < -0.39 is 15.1 Å². The largest absolute Gasteiger partial charge is 0.508 e. The van der Waals surface area contributed by atoms with Gasteiger partial charge in [0.15, 0.2) is 9.84 Å². The number of benzene rings is 2. The summed E-state index contributed by atoms with van der Waals surface area (Å²) in [5.41, 5.74) is 1.93. The highest BCUT2D eigenvalue weighted by Gasteiger charge is 2.30. The standard InChI is InChI=1S/C22H26N2O3S/c25-20-10-8-19(9-11-20)24-16-14-23(15-17-24)13-3-5-21-12-7-18-4-1-2-6-22(18)28(21,26)27/h1-2,4,6-12,21,25H,3,5,13-17H2. The molecule has 5 nitrogen and oxygen atoms in total. The first-order valence-corrected chi connectivity index (χ1v) is 11.4. The molecule has 0 bridgehead atoms. The van der Waals surface area contributed by atoms with Gasteiger partial charge in [-0.3, -0.25) is 4.90 Å². The summed E-state index contributed by atoms with van der Waals surface area (Å²) in [5.74, 6) is 0.289. The van der Waals surface area contributed by atoms with Gasteiger partial charge in [0.2, 0.25) is 0 Å². The van der Waals surface area contributed by atoms with E-state index in [-0.39, 0.29) is 5.75 Å². The Morgan fingerprint density at radius 2 is 1.68 bits per heavy atom. The highest BCUT2D eigenvalue weighted by atomic mass is 32.2. The van der Waals surface area contributed by atoms with Gasteiger partial charge in [0.05, 0.1) is 10.1 Å². The first-order chi connectivity index (χ1) is 13.5. The predicted octanol–water partition coefficient (Wildman–Crippen LogP) is 3.16. The average molecular weight is 399 g/mol. The third kappa shape index (κ3) is 3.93. The number of hydrogen-bond acceptors (Lipinski definition) is 5. The average Bonchev–Trinajstić information content (AvgIpc) is 2.71. The molecule has 2 aromatic carbocycles. The molecular formula is C22H26N2O3S. The summed E-state index contributed by atoms with van der Waals surface area (Å²) in [6.45, 7) is 4.75.